The molecular weight excluding hydrogens is 354 g/mol. The van der Waals surface area contributed by atoms with E-state index in [1.165, 1.54) is 18.4 Å². The van der Waals surface area contributed by atoms with E-state index in [1.54, 1.807) is 29.2 Å². The van der Waals surface area contributed by atoms with Gasteiger partial charge in [-0.05, 0) is 24.1 Å². The first-order valence-corrected chi connectivity index (χ1v) is 9.03. The molecule has 3 heterocycles. The smallest absolute Gasteiger partial charge is 0.334 e. The van der Waals surface area contributed by atoms with Crippen molar-refractivity contribution in [3.8, 4) is 5.69 Å². The Morgan fingerprint density at radius 1 is 1.27 bits per heavy atom. The number of hydrogen-bond acceptors (Lipinski definition) is 5. The zero-order valence-corrected chi connectivity index (χ0v) is 15.0. The lowest BCUT2D eigenvalue weighted by atomic mass is 10.1. The van der Waals surface area contributed by atoms with Gasteiger partial charge in [0.25, 0.3) is 5.56 Å². The Bertz CT molecular complexity index is 1100. The molecule has 8 heteroatoms. The van der Waals surface area contributed by atoms with E-state index in [2.05, 4.69) is 4.98 Å². The molecule has 7 nitrogen and oxygen atoms in total. The zero-order valence-electron chi connectivity index (χ0n) is 14.2. The molecule has 0 spiro atoms. The molecule has 3 aromatic rings. The van der Waals surface area contributed by atoms with Gasteiger partial charge in [0.05, 0.1) is 17.6 Å². The number of carbonyl (C=O) groups is 1. The van der Waals surface area contributed by atoms with Crippen LogP contribution in [0, 0.1) is 0 Å². The van der Waals surface area contributed by atoms with Crippen molar-refractivity contribution in [3.63, 3.8) is 0 Å². The van der Waals surface area contributed by atoms with Crippen molar-refractivity contribution in [3.05, 3.63) is 61.6 Å². The number of methoxy groups -OCH3 is 1. The van der Waals surface area contributed by atoms with Crippen molar-refractivity contribution in [1.29, 1.82) is 0 Å². The molecule has 4 rings (SSSR count). The van der Waals surface area contributed by atoms with Crippen LogP contribution in [0.1, 0.15) is 10.4 Å². The summed E-state index contributed by atoms with van der Waals surface area (Å²) in [7, 11) is 1.49. The fraction of sp³-hybridized carbons (Fsp3) is 0.278. The lowest BCUT2D eigenvalue weighted by Gasteiger charge is -2.26. The molecule has 0 saturated carbocycles. The molecule has 1 amide bonds. The van der Waals surface area contributed by atoms with Crippen molar-refractivity contribution in [2.45, 2.75) is 13.0 Å². The number of thiophene rings is 1. The molecule has 1 aliphatic heterocycles. The summed E-state index contributed by atoms with van der Waals surface area (Å²) in [4.78, 5) is 43.6. The number of aromatic amines is 1. The molecule has 0 aliphatic carbocycles. The van der Waals surface area contributed by atoms with Gasteiger partial charge < -0.3 is 9.64 Å². The van der Waals surface area contributed by atoms with Crippen molar-refractivity contribution in [2.24, 2.45) is 0 Å². The summed E-state index contributed by atoms with van der Waals surface area (Å²) in [6.07, 6.45) is 0.584. The summed E-state index contributed by atoms with van der Waals surface area (Å²) in [5.74, 6) is -0.0780. The first-order chi connectivity index (χ1) is 12.6. The zero-order chi connectivity index (χ0) is 18.3. The van der Waals surface area contributed by atoms with Crippen LogP contribution in [0.5, 0.6) is 0 Å². The summed E-state index contributed by atoms with van der Waals surface area (Å²) in [5, 5.41) is 0.548. The van der Waals surface area contributed by atoms with Crippen LogP contribution in [0.3, 0.4) is 0 Å². The number of aromatic nitrogens is 2. The van der Waals surface area contributed by atoms with E-state index in [9.17, 15) is 14.4 Å². The Morgan fingerprint density at radius 3 is 2.77 bits per heavy atom. The van der Waals surface area contributed by atoms with Crippen LogP contribution in [-0.2, 0) is 22.5 Å². The molecule has 0 atom stereocenters. The van der Waals surface area contributed by atoms with Crippen molar-refractivity contribution < 1.29 is 9.53 Å². The topological polar surface area (TPSA) is 84.4 Å². The molecule has 0 unspecified atom stereocenters. The summed E-state index contributed by atoms with van der Waals surface area (Å²) < 4.78 is 6.08. The van der Waals surface area contributed by atoms with E-state index in [1.807, 2.05) is 6.07 Å². The molecule has 0 fully saturated rings. The van der Waals surface area contributed by atoms with Crippen molar-refractivity contribution in [1.82, 2.24) is 14.5 Å². The highest BCUT2D eigenvalue weighted by atomic mass is 32.1. The van der Waals surface area contributed by atoms with Gasteiger partial charge >= 0.3 is 5.69 Å². The summed E-state index contributed by atoms with van der Waals surface area (Å²) in [5.41, 5.74) is 0.689. The Kier molecular flexibility index (Phi) is 4.21. The van der Waals surface area contributed by atoms with Gasteiger partial charge in [-0.15, -0.1) is 11.3 Å². The lowest BCUT2D eigenvalue weighted by Crippen LogP contribution is -2.38. The number of ether oxygens (including phenoxy) is 1. The second kappa shape index (κ2) is 6.54. The monoisotopic (exact) mass is 371 g/mol. The van der Waals surface area contributed by atoms with Crippen LogP contribution >= 0.6 is 11.3 Å². The third-order valence-electron chi connectivity index (χ3n) is 4.53. The van der Waals surface area contributed by atoms with Gasteiger partial charge in [-0.2, -0.15) is 0 Å². The van der Waals surface area contributed by atoms with Gasteiger partial charge in [0.15, 0.2) is 0 Å². The maximum atomic E-state index is 13.0. The minimum absolute atomic E-state index is 0.0396. The molecule has 0 saturated heterocycles. The Hall–Kier alpha value is -2.71. The number of carbonyl (C=O) groups excluding carboxylic acids is 1. The van der Waals surface area contributed by atoms with Gasteiger partial charge in [0, 0.05) is 18.5 Å². The van der Waals surface area contributed by atoms with Gasteiger partial charge in [-0.1, -0.05) is 18.2 Å². The average molecular weight is 371 g/mol. The quantitative estimate of drug-likeness (QED) is 0.752. The van der Waals surface area contributed by atoms with Crippen LogP contribution < -0.4 is 11.2 Å². The fourth-order valence-electron chi connectivity index (χ4n) is 3.31. The number of benzene rings is 1. The Balaban J connectivity index is 1.84. The van der Waals surface area contributed by atoms with Crippen LogP contribution in [-0.4, -0.2) is 40.6 Å². The van der Waals surface area contributed by atoms with Gasteiger partial charge in [0.2, 0.25) is 5.91 Å². The maximum Gasteiger partial charge on any atom is 0.334 e. The fourth-order valence-corrected chi connectivity index (χ4v) is 4.56. The normalized spacial score (nSPS) is 13.8. The van der Waals surface area contributed by atoms with E-state index in [-0.39, 0.29) is 18.1 Å². The number of nitrogens with zero attached hydrogens (tertiary/aromatic N) is 2. The van der Waals surface area contributed by atoms with Crippen molar-refractivity contribution in [2.75, 3.05) is 20.3 Å². The number of hydrogen-bond donors (Lipinski definition) is 1. The van der Waals surface area contributed by atoms with E-state index in [0.717, 1.165) is 15.0 Å². The van der Waals surface area contributed by atoms with Crippen LogP contribution in [0.4, 0.5) is 0 Å². The van der Waals surface area contributed by atoms with E-state index < -0.39 is 5.69 Å². The average Bonchev–Trinajstić information content (AvgIpc) is 3.00. The number of H-pyrrole nitrogens is 1. The molecular formula is C18H17N3O4S. The second-order valence-corrected chi connectivity index (χ2v) is 7.22. The lowest BCUT2D eigenvalue weighted by molar-refractivity contribution is -0.136. The Labute approximate surface area is 152 Å². The molecule has 0 radical (unpaired) electrons. The van der Waals surface area contributed by atoms with Crippen LogP contribution in [0.2, 0.25) is 0 Å². The third kappa shape index (κ3) is 2.67. The summed E-state index contributed by atoms with van der Waals surface area (Å²) in [6, 6.07) is 8.86. The summed E-state index contributed by atoms with van der Waals surface area (Å²) in [6.45, 7) is 1.01. The highest BCUT2D eigenvalue weighted by Crippen LogP contribution is 2.32. The minimum atomic E-state index is -0.459. The van der Waals surface area contributed by atoms with Crippen LogP contribution in [0.25, 0.3) is 15.9 Å². The predicted molar refractivity (Wildman–Crippen MR) is 99.0 cm³/mol. The van der Waals surface area contributed by atoms with Crippen LogP contribution in [0.15, 0.2) is 39.9 Å². The number of fused-ring (bicyclic) bond motifs is 3. The SMILES string of the molecule is COCC(=O)N1CCc2c(sc3[nH]c(=O)n(-c4ccccc4)c(=O)c23)C1. The van der Waals surface area contributed by atoms with Gasteiger partial charge in [-0.25, -0.2) is 9.36 Å². The number of amides is 1. The first-order valence-electron chi connectivity index (χ1n) is 8.22. The minimum Gasteiger partial charge on any atom is -0.375 e. The standard InChI is InChI=1S/C18H17N3O4S/c1-25-10-14(22)20-8-7-12-13(9-20)26-16-15(12)17(23)21(18(24)19-16)11-5-3-2-4-6-11/h2-6H,7-10H2,1H3,(H,19,24). The molecule has 2 aromatic heterocycles. The molecule has 26 heavy (non-hydrogen) atoms. The molecule has 1 aliphatic rings. The van der Waals surface area contributed by atoms with Gasteiger partial charge in [-0.3, -0.25) is 14.6 Å². The molecule has 134 valence electrons. The van der Waals surface area contributed by atoms with E-state index >= 15 is 0 Å². The number of rotatable bonds is 3. The summed E-state index contributed by atoms with van der Waals surface area (Å²) >= 11 is 1.37. The Morgan fingerprint density at radius 2 is 2.04 bits per heavy atom. The first kappa shape index (κ1) is 16.7. The van der Waals surface area contributed by atoms with E-state index in [4.69, 9.17) is 4.74 Å². The maximum absolute atomic E-state index is 13.0. The number of nitrogens with one attached hydrogen (secondary N) is 1. The molecule has 1 N–H and O–H groups in total. The second-order valence-electron chi connectivity index (χ2n) is 6.11. The molecule has 1 aromatic carbocycles. The number of para-hydroxylation sites is 1. The molecule has 0 bridgehead atoms. The van der Waals surface area contributed by atoms with Crippen molar-refractivity contribution >= 4 is 27.5 Å². The largest absolute Gasteiger partial charge is 0.375 e. The third-order valence-corrected chi connectivity index (χ3v) is 5.66. The van der Waals surface area contributed by atoms with Gasteiger partial charge in [0.1, 0.15) is 11.4 Å². The highest BCUT2D eigenvalue weighted by molar-refractivity contribution is 7.18. The predicted octanol–water partition coefficient (Wildman–Crippen LogP) is 1.27. The van der Waals surface area contributed by atoms with E-state index in [0.29, 0.717) is 35.4 Å². The highest BCUT2D eigenvalue weighted by Gasteiger charge is 2.26.